The summed E-state index contributed by atoms with van der Waals surface area (Å²) in [4.78, 5) is 16.8. The van der Waals surface area contributed by atoms with Crippen molar-refractivity contribution >= 4 is 22.4 Å². The van der Waals surface area contributed by atoms with E-state index in [-0.39, 0.29) is 17.9 Å². The molecule has 1 saturated heterocycles. The van der Waals surface area contributed by atoms with E-state index in [0.717, 1.165) is 23.8 Å². The largest absolute Gasteiger partial charge is 0.379 e. The summed E-state index contributed by atoms with van der Waals surface area (Å²) in [5.74, 6) is 0.535. The van der Waals surface area contributed by atoms with Gasteiger partial charge in [-0.2, -0.15) is 0 Å². The van der Waals surface area contributed by atoms with Crippen LogP contribution in [0.25, 0.3) is 0 Å². The second-order valence-electron chi connectivity index (χ2n) is 5.55. The maximum atomic E-state index is 12.3. The van der Waals surface area contributed by atoms with Crippen molar-refractivity contribution in [2.45, 2.75) is 38.1 Å². The second kappa shape index (κ2) is 6.20. The van der Waals surface area contributed by atoms with Crippen LogP contribution >= 0.6 is 11.3 Å². The Kier molecular flexibility index (Phi) is 4.33. The number of ether oxygens (including phenoxy) is 1. The molecule has 0 radical (unpaired) electrons. The number of anilines is 1. The summed E-state index contributed by atoms with van der Waals surface area (Å²) in [6.07, 6.45) is 3.52. The van der Waals surface area contributed by atoms with Crippen LogP contribution in [0.5, 0.6) is 0 Å². The van der Waals surface area contributed by atoms with Crippen molar-refractivity contribution < 1.29 is 9.53 Å². The van der Waals surface area contributed by atoms with Crippen molar-refractivity contribution in [3.63, 3.8) is 0 Å². The van der Waals surface area contributed by atoms with Gasteiger partial charge in [0.25, 0.3) is 0 Å². The van der Waals surface area contributed by atoms with Gasteiger partial charge in [-0.25, -0.2) is 4.98 Å². The van der Waals surface area contributed by atoms with Gasteiger partial charge in [0.2, 0.25) is 5.91 Å². The van der Waals surface area contributed by atoms with E-state index in [1.54, 1.807) is 0 Å². The normalized spacial score (nSPS) is 25.9. The Hall–Kier alpha value is -0.980. The van der Waals surface area contributed by atoms with E-state index in [4.69, 9.17) is 4.74 Å². The zero-order chi connectivity index (χ0) is 13.9. The molecule has 20 heavy (non-hydrogen) atoms. The van der Waals surface area contributed by atoms with Gasteiger partial charge >= 0.3 is 0 Å². The molecule has 0 bridgehead atoms. The molecular formula is C14H21N3O2S. The van der Waals surface area contributed by atoms with Crippen LogP contribution < -0.4 is 10.6 Å². The van der Waals surface area contributed by atoms with E-state index >= 15 is 0 Å². The minimum Gasteiger partial charge on any atom is -0.379 e. The van der Waals surface area contributed by atoms with Gasteiger partial charge in [-0.1, -0.05) is 6.92 Å². The van der Waals surface area contributed by atoms with Crippen LogP contribution in [0.4, 0.5) is 5.13 Å². The number of carbonyl (C=O) groups excluding carboxylic acids is 1. The lowest BCUT2D eigenvalue weighted by Crippen LogP contribution is -2.41. The molecule has 2 atom stereocenters. The lowest BCUT2D eigenvalue weighted by atomic mass is 10.0. The third kappa shape index (κ3) is 3.19. The Morgan fingerprint density at radius 2 is 2.35 bits per heavy atom. The Bertz CT molecular complexity index is 473. The first-order valence-corrected chi connectivity index (χ1v) is 8.23. The number of hydrogen-bond acceptors (Lipinski definition) is 5. The highest BCUT2D eigenvalue weighted by Crippen LogP contribution is 2.40. The van der Waals surface area contributed by atoms with E-state index in [1.165, 1.54) is 24.2 Å². The summed E-state index contributed by atoms with van der Waals surface area (Å²) in [7, 11) is 0. The molecule has 2 unspecified atom stereocenters. The fourth-order valence-electron chi connectivity index (χ4n) is 2.45. The topological polar surface area (TPSA) is 63.2 Å². The van der Waals surface area contributed by atoms with Crippen molar-refractivity contribution in [3.8, 4) is 0 Å². The lowest BCUT2D eigenvalue weighted by Gasteiger charge is -2.17. The maximum Gasteiger partial charge on any atom is 0.233 e. The van der Waals surface area contributed by atoms with Crippen LogP contribution in [0.3, 0.4) is 0 Å². The van der Waals surface area contributed by atoms with E-state index in [1.807, 2.05) is 0 Å². The molecule has 5 nitrogen and oxygen atoms in total. The molecule has 1 saturated carbocycles. The predicted octanol–water partition coefficient (Wildman–Crippen LogP) is 1.97. The first-order chi connectivity index (χ1) is 9.78. The minimum atomic E-state index is -0.116. The fraction of sp³-hybridized carbons (Fsp3) is 0.714. The van der Waals surface area contributed by atoms with Gasteiger partial charge in [-0.15, -0.1) is 11.3 Å². The molecule has 0 spiro atoms. The molecule has 6 heteroatoms. The van der Waals surface area contributed by atoms with E-state index < -0.39 is 0 Å². The molecule has 110 valence electrons. The maximum absolute atomic E-state index is 12.3. The highest BCUT2D eigenvalue weighted by molar-refractivity contribution is 7.13. The summed E-state index contributed by atoms with van der Waals surface area (Å²) < 4.78 is 5.44. The molecule has 1 amide bonds. The number of nitrogens with zero attached hydrogens (tertiary/aromatic N) is 1. The number of rotatable bonds is 6. The highest BCUT2D eigenvalue weighted by atomic mass is 32.1. The Balaban J connectivity index is 1.56. The van der Waals surface area contributed by atoms with Gasteiger partial charge in [0.05, 0.1) is 24.8 Å². The van der Waals surface area contributed by atoms with Crippen molar-refractivity contribution in [2.75, 3.05) is 25.1 Å². The molecule has 2 aliphatic rings. The third-order valence-corrected chi connectivity index (χ3v) is 4.60. The van der Waals surface area contributed by atoms with Crippen LogP contribution in [0.1, 0.15) is 37.8 Å². The molecule has 1 aromatic rings. The first-order valence-electron chi connectivity index (χ1n) is 7.35. The van der Waals surface area contributed by atoms with Gasteiger partial charge in [0.15, 0.2) is 5.13 Å². The zero-order valence-corrected chi connectivity index (χ0v) is 12.5. The van der Waals surface area contributed by atoms with Crippen LogP contribution in [0, 0.1) is 5.92 Å². The van der Waals surface area contributed by atoms with Crippen molar-refractivity contribution in [2.24, 2.45) is 5.92 Å². The van der Waals surface area contributed by atoms with Gasteiger partial charge in [-0.05, 0) is 25.8 Å². The van der Waals surface area contributed by atoms with Crippen LogP contribution in [-0.4, -0.2) is 36.7 Å². The van der Waals surface area contributed by atoms with Crippen molar-refractivity contribution in [3.05, 3.63) is 11.1 Å². The number of thiazole rings is 1. The summed E-state index contributed by atoms with van der Waals surface area (Å²) in [5.41, 5.74) is 1.13. The lowest BCUT2D eigenvalue weighted by molar-refractivity contribution is -0.120. The second-order valence-corrected chi connectivity index (χ2v) is 6.40. The number of carbonyl (C=O) groups is 1. The Morgan fingerprint density at radius 1 is 1.50 bits per heavy atom. The summed E-state index contributed by atoms with van der Waals surface area (Å²) in [5, 5.41) is 9.10. The molecule has 2 heterocycles. The summed E-state index contributed by atoms with van der Waals surface area (Å²) in [6, 6.07) is 0.123. The quantitative estimate of drug-likeness (QED) is 0.842. The van der Waals surface area contributed by atoms with E-state index in [0.29, 0.717) is 19.1 Å². The Morgan fingerprint density at radius 3 is 3.10 bits per heavy atom. The zero-order valence-electron chi connectivity index (χ0n) is 11.7. The fourth-order valence-corrected chi connectivity index (χ4v) is 3.25. The molecule has 2 fully saturated rings. The molecule has 1 aliphatic heterocycles. The number of hydrogen-bond donors (Lipinski definition) is 2. The molecule has 2 N–H and O–H groups in total. The van der Waals surface area contributed by atoms with E-state index in [9.17, 15) is 4.79 Å². The van der Waals surface area contributed by atoms with Gasteiger partial charge in [-0.3, -0.25) is 4.79 Å². The monoisotopic (exact) mass is 295 g/mol. The number of aromatic nitrogens is 1. The summed E-state index contributed by atoms with van der Waals surface area (Å²) in [6.45, 7) is 4.14. The van der Waals surface area contributed by atoms with Gasteiger partial charge < -0.3 is 15.4 Å². The van der Waals surface area contributed by atoms with Gasteiger partial charge in [0.1, 0.15) is 0 Å². The highest BCUT2D eigenvalue weighted by Gasteiger charge is 2.34. The van der Waals surface area contributed by atoms with Crippen molar-refractivity contribution in [1.29, 1.82) is 0 Å². The standard InChI is InChI=1S/C14H21N3O2S/c1-2-5-15-11-7-19-6-10(11)13(18)17-14-16-12(8-20-14)9-3-4-9/h8-11,15H,2-7H2,1H3,(H,16,17,18). The molecule has 1 aliphatic carbocycles. The SMILES string of the molecule is CCCNC1COCC1C(=O)Nc1nc(C2CC2)cs1. The Labute approximate surface area is 123 Å². The smallest absolute Gasteiger partial charge is 0.233 e. The molecule has 1 aromatic heterocycles. The minimum absolute atomic E-state index is 0.0211. The average molecular weight is 295 g/mol. The first kappa shape index (κ1) is 14.0. The summed E-state index contributed by atoms with van der Waals surface area (Å²) >= 11 is 1.52. The predicted molar refractivity (Wildman–Crippen MR) is 79.1 cm³/mol. The molecular weight excluding hydrogens is 274 g/mol. The van der Waals surface area contributed by atoms with Crippen LogP contribution in [0.2, 0.25) is 0 Å². The van der Waals surface area contributed by atoms with Crippen LogP contribution in [-0.2, 0) is 9.53 Å². The van der Waals surface area contributed by atoms with Gasteiger partial charge in [0, 0.05) is 17.3 Å². The number of amides is 1. The average Bonchev–Trinajstić information content (AvgIpc) is 3.01. The molecule has 0 aromatic carbocycles. The van der Waals surface area contributed by atoms with E-state index in [2.05, 4.69) is 27.9 Å². The van der Waals surface area contributed by atoms with Crippen molar-refractivity contribution in [1.82, 2.24) is 10.3 Å². The number of nitrogens with one attached hydrogen (secondary N) is 2. The molecule has 3 rings (SSSR count). The third-order valence-electron chi connectivity index (χ3n) is 3.82. The van der Waals surface area contributed by atoms with Crippen LogP contribution in [0.15, 0.2) is 5.38 Å².